The molecule has 1 amide bonds. The van der Waals surface area contributed by atoms with Gasteiger partial charge in [-0.3, -0.25) is 9.59 Å². The Hall–Kier alpha value is -2.69. The number of amides is 1. The first kappa shape index (κ1) is 19.6. The number of thiophene rings is 1. The van der Waals surface area contributed by atoms with Crippen LogP contribution in [0.4, 0.5) is 5.69 Å². The van der Waals surface area contributed by atoms with Crippen molar-refractivity contribution >= 4 is 43.2 Å². The second-order valence-corrected chi connectivity index (χ2v) is 9.92. The summed E-state index contributed by atoms with van der Waals surface area (Å²) in [6.45, 7) is 2.16. The molecule has 1 aliphatic rings. The lowest BCUT2D eigenvalue weighted by Crippen LogP contribution is -2.23. The van der Waals surface area contributed by atoms with Gasteiger partial charge in [-0.25, -0.2) is 13.6 Å². The van der Waals surface area contributed by atoms with Crippen molar-refractivity contribution in [1.29, 1.82) is 0 Å². The van der Waals surface area contributed by atoms with Crippen LogP contribution in [0.15, 0.2) is 34.0 Å². The summed E-state index contributed by atoms with van der Waals surface area (Å²) in [7, 11) is -3.85. The van der Waals surface area contributed by atoms with Crippen LogP contribution in [0, 0.1) is 5.92 Å². The maximum Gasteiger partial charge on any atom is 0.265 e. The lowest BCUT2D eigenvalue weighted by atomic mass is 9.89. The minimum absolute atomic E-state index is 0.100. The standard InChI is InChI=1S/C19H19N3O5S2/c1-9-2-7-12-13(8-9)28-19-14(12)16(23)15(18(25)22-19)17(24)21-10-3-5-11(6-4-10)29(20,26)27/h3-6,9H,2,7-8H2,1H3,(H,21,24)(H2,20,26,27)(H2,22,23,25)/t9-/m1/s1. The molecule has 1 aliphatic carbocycles. The highest BCUT2D eigenvalue weighted by Gasteiger charge is 2.27. The number of pyridine rings is 1. The molecule has 8 nitrogen and oxygen atoms in total. The molecule has 2 heterocycles. The number of carbonyl (C=O) groups is 1. The summed E-state index contributed by atoms with van der Waals surface area (Å²) < 4.78 is 22.7. The third kappa shape index (κ3) is 3.54. The molecule has 29 heavy (non-hydrogen) atoms. The van der Waals surface area contributed by atoms with Gasteiger partial charge in [0.2, 0.25) is 10.0 Å². The summed E-state index contributed by atoms with van der Waals surface area (Å²) in [5, 5.41) is 18.9. The number of aromatic amines is 1. The number of hydrogen-bond donors (Lipinski definition) is 4. The van der Waals surface area contributed by atoms with Crippen molar-refractivity contribution in [2.75, 3.05) is 5.32 Å². The van der Waals surface area contributed by atoms with Crippen LogP contribution in [0.1, 0.15) is 34.1 Å². The second kappa shape index (κ2) is 6.97. The molecule has 0 unspecified atom stereocenters. The summed E-state index contributed by atoms with van der Waals surface area (Å²) in [6.07, 6.45) is 2.65. The summed E-state index contributed by atoms with van der Waals surface area (Å²) in [5.41, 5.74) is 0.207. The highest BCUT2D eigenvalue weighted by Crippen LogP contribution is 2.41. The van der Waals surface area contributed by atoms with E-state index in [0.29, 0.717) is 16.1 Å². The van der Waals surface area contributed by atoms with E-state index >= 15 is 0 Å². The van der Waals surface area contributed by atoms with E-state index in [1.807, 2.05) is 0 Å². The minimum Gasteiger partial charge on any atom is -0.506 e. The van der Waals surface area contributed by atoms with Gasteiger partial charge in [-0.15, -0.1) is 11.3 Å². The molecular formula is C19H19N3O5S2. The number of aromatic hydroxyl groups is 1. The number of nitrogens with one attached hydrogen (secondary N) is 2. The van der Waals surface area contributed by atoms with Gasteiger partial charge in [0.1, 0.15) is 16.1 Å². The molecule has 0 bridgehead atoms. The van der Waals surface area contributed by atoms with Crippen LogP contribution in [-0.4, -0.2) is 24.4 Å². The van der Waals surface area contributed by atoms with Crippen molar-refractivity contribution in [2.45, 2.75) is 31.1 Å². The molecule has 0 spiro atoms. The van der Waals surface area contributed by atoms with Crippen molar-refractivity contribution in [1.82, 2.24) is 4.98 Å². The summed E-state index contributed by atoms with van der Waals surface area (Å²) >= 11 is 1.44. The lowest BCUT2D eigenvalue weighted by Gasteiger charge is -2.18. The van der Waals surface area contributed by atoms with Gasteiger partial charge in [-0.2, -0.15) is 0 Å². The van der Waals surface area contributed by atoms with Gasteiger partial charge in [0.25, 0.3) is 11.5 Å². The van der Waals surface area contributed by atoms with E-state index in [1.54, 1.807) is 0 Å². The van der Waals surface area contributed by atoms with Crippen LogP contribution in [0.2, 0.25) is 0 Å². The second-order valence-electron chi connectivity index (χ2n) is 7.26. The smallest absolute Gasteiger partial charge is 0.265 e. The van der Waals surface area contributed by atoms with Gasteiger partial charge in [0, 0.05) is 10.6 Å². The molecule has 2 aromatic heterocycles. The quantitative estimate of drug-likeness (QED) is 0.501. The number of fused-ring (bicyclic) bond motifs is 3. The van der Waals surface area contributed by atoms with Crippen molar-refractivity contribution < 1.29 is 18.3 Å². The summed E-state index contributed by atoms with van der Waals surface area (Å²) in [5.74, 6) is -0.569. The SMILES string of the molecule is C[C@@H]1CCc2c(sc3[nH]c(=O)c(C(=O)Nc4ccc(S(N)(=O)=O)cc4)c(O)c23)C1. The van der Waals surface area contributed by atoms with Crippen LogP contribution in [-0.2, 0) is 22.9 Å². The number of rotatable bonds is 3. The minimum atomic E-state index is -3.85. The first-order valence-corrected chi connectivity index (χ1v) is 11.3. The summed E-state index contributed by atoms with van der Waals surface area (Å²) in [6, 6.07) is 5.20. The number of benzene rings is 1. The molecule has 0 saturated heterocycles. The molecule has 3 aromatic rings. The van der Waals surface area contributed by atoms with Crippen LogP contribution >= 0.6 is 11.3 Å². The average Bonchev–Trinajstić information content (AvgIpc) is 2.98. The molecule has 5 N–H and O–H groups in total. The highest BCUT2D eigenvalue weighted by molar-refractivity contribution is 7.89. The van der Waals surface area contributed by atoms with Crippen molar-refractivity contribution in [3.05, 3.63) is 50.6 Å². The monoisotopic (exact) mass is 433 g/mol. The van der Waals surface area contributed by atoms with Crippen LogP contribution < -0.4 is 16.0 Å². The van der Waals surface area contributed by atoms with E-state index in [4.69, 9.17) is 5.14 Å². The van der Waals surface area contributed by atoms with Gasteiger partial charge >= 0.3 is 0 Å². The number of aromatic nitrogens is 1. The molecule has 10 heteroatoms. The van der Waals surface area contributed by atoms with E-state index in [-0.39, 0.29) is 21.9 Å². The van der Waals surface area contributed by atoms with Crippen LogP contribution in [0.5, 0.6) is 5.75 Å². The zero-order chi connectivity index (χ0) is 20.9. The third-order valence-electron chi connectivity index (χ3n) is 5.11. The van der Waals surface area contributed by atoms with Crippen LogP contribution in [0.3, 0.4) is 0 Å². The van der Waals surface area contributed by atoms with Gasteiger partial charge < -0.3 is 15.4 Å². The number of anilines is 1. The molecule has 1 atom stereocenters. The van der Waals surface area contributed by atoms with Gasteiger partial charge in [-0.05, 0) is 55.0 Å². The molecule has 152 valence electrons. The molecule has 0 fully saturated rings. The fourth-order valence-corrected chi connectivity index (χ4v) is 5.54. The average molecular weight is 434 g/mol. The van der Waals surface area contributed by atoms with E-state index < -0.39 is 21.5 Å². The molecule has 0 saturated carbocycles. The van der Waals surface area contributed by atoms with Gasteiger partial charge in [-0.1, -0.05) is 6.92 Å². The van der Waals surface area contributed by atoms with Gasteiger partial charge in [0.15, 0.2) is 0 Å². The Kier molecular flexibility index (Phi) is 4.72. The number of H-pyrrole nitrogens is 1. The number of aryl methyl sites for hydroxylation is 1. The Balaban J connectivity index is 1.72. The normalized spacial score (nSPS) is 16.6. The molecule has 1 aromatic carbocycles. The Morgan fingerprint density at radius 3 is 2.66 bits per heavy atom. The Labute approximate surface area is 170 Å². The van der Waals surface area contributed by atoms with E-state index in [9.17, 15) is 23.1 Å². The third-order valence-corrected chi connectivity index (χ3v) is 7.21. The fourth-order valence-electron chi connectivity index (χ4n) is 3.62. The maximum atomic E-state index is 12.7. The summed E-state index contributed by atoms with van der Waals surface area (Å²) in [4.78, 5) is 29.5. The first-order valence-electron chi connectivity index (χ1n) is 8.99. The number of nitrogens with two attached hydrogens (primary N) is 1. The highest BCUT2D eigenvalue weighted by atomic mass is 32.2. The lowest BCUT2D eigenvalue weighted by molar-refractivity contribution is 0.102. The van der Waals surface area contributed by atoms with Crippen LogP contribution in [0.25, 0.3) is 10.2 Å². The van der Waals surface area contributed by atoms with E-state index in [0.717, 1.165) is 29.7 Å². The predicted octanol–water partition coefficient (Wildman–Crippen LogP) is 2.32. The number of primary sulfonamides is 1. The molecule has 0 aliphatic heterocycles. The number of hydrogen-bond acceptors (Lipinski definition) is 6. The maximum absolute atomic E-state index is 12.7. The molecular weight excluding hydrogens is 414 g/mol. The predicted molar refractivity (Wildman–Crippen MR) is 111 cm³/mol. The topological polar surface area (TPSA) is 142 Å². The van der Waals surface area contributed by atoms with E-state index in [1.165, 1.54) is 35.6 Å². The van der Waals surface area contributed by atoms with Crippen molar-refractivity contribution in [3.8, 4) is 5.75 Å². The Morgan fingerprint density at radius 1 is 1.31 bits per heavy atom. The van der Waals surface area contributed by atoms with Gasteiger partial charge in [0.05, 0.1) is 10.3 Å². The van der Waals surface area contributed by atoms with Crippen molar-refractivity contribution in [3.63, 3.8) is 0 Å². The first-order chi connectivity index (χ1) is 13.6. The molecule has 4 rings (SSSR count). The largest absolute Gasteiger partial charge is 0.506 e. The molecule has 0 radical (unpaired) electrons. The zero-order valence-electron chi connectivity index (χ0n) is 15.5. The number of sulfonamides is 1. The fraction of sp³-hybridized carbons (Fsp3) is 0.263. The Morgan fingerprint density at radius 2 is 2.00 bits per heavy atom. The number of carbonyl (C=O) groups excluding carboxylic acids is 1. The zero-order valence-corrected chi connectivity index (χ0v) is 17.1. The van der Waals surface area contributed by atoms with E-state index in [2.05, 4.69) is 17.2 Å². The van der Waals surface area contributed by atoms with Crippen molar-refractivity contribution in [2.24, 2.45) is 11.1 Å². The Bertz CT molecular complexity index is 1290.